The number of benzene rings is 1. The maximum absolute atomic E-state index is 13.2. The Morgan fingerprint density at radius 3 is 2.76 bits per heavy atom. The molecule has 1 aromatic rings. The Labute approximate surface area is 102 Å². The molecule has 0 aromatic heterocycles. The number of halogens is 3. The zero-order valence-electron chi connectivity index (χ0n) is 8.40. The molecule has 0 amide bonds. The summed E-state index contributed by atoms with van der Waals surface area (Å²) < 4.78 is 51.9. The van der Waals surface area contributed by atoms with Gasteiger partial charge < -0.3 is 4.90 Å². The molecule has 1 aromatic carbocycles. The number of hydrogen-bond acceptors (Lipinski definition) is 3. The van der Waals surface area contributed by atoms with Gasteiger partial charge in [-0.25, -0.2) is 8.78 Å². The van der Waals surface area contributed by atoms with Crippen LogP contribution in [0.3, 0.4) is 0 Å². The van der Waals surface area contributed by atoms with E-state index in [0.717, 1.165) is 18.5 Å². The maximum Gasteiger partial charge on any atom is 0.285 e. The second-order valence-corrected chi connectivity index (χ2v) is 5.32. The largest absolute Gasteiger partial charge is 0.328 e. The molecule has 0 aliphatic carbocycles. The van der Waals surface area contributed by atoms with E-state index in [1.807, 2.05) is 0 Å². The van der Waals surface area contributed by atoms with Crippen LogP contribution in [0.2, 0.25) is 5.02 Å². The predicted molar refractivity (Wildman–Crippen MR) is 60.4 cm³/mol. The molecular formula is C9H7ClF2N2O2S. The van der Waals surface area contributed by atoms with Crippen molar-refractivity contribution in [2.24, 2.45) is 4.40 Å². The zero-order chi connectivity index (χ0) is 12.6. The van der Waals surface area contributed by atoms with Crippen LogP contribution in [0.15, 0.2) is 21.4 Å². The molecule has 0 bridgehead atoms. The summed E-state index contributed by atoms with van der Waals surface area (Å²) in [6.07, 6.45) is 0.992. The van der Waals surface area contributed by atoms with E-state index in [0.29, 0.717) is 0 Å². The van der Waals surface area contributed by atoms with Crippen LogP contribution >= 0.6 is 11.6 Å². The zero-order valence-corrected chi connectivity index (χ0v) is 9.97. The van der Waals surface area contributed by atoms with Crippen molar-refractivity contribution in [3.8, 4) is 0 Å². The molecule has 17 heavy (non-hydrogen) atoms. The van der Waals surface area contributed by atoms with Crippen LogP contribution in [-0.2, 0) is 10.0 Å². The van der Waals surface area contributed by atoms with E-state index in [4.69, 9.17) is 11.6 Å². The molecule has 1 aliphatic heterocycles. The molecule has 0 unspecified atom stereocenters. The van der Waals surface area contributed by atoms with Crippen LogP contribution in [-0.4, -0.2) is 28.0 Å². The molecule has 0 saturated heterocycles. The van der Waals surface area contributed by atoms with Crippen molar-refractivity contribution in [3.05, 3.63) is 23.0 Å². The summed E-state index contributed by atoms with van der Waals surface area (Å²) in [6, 6.07) is 1.93. The van der Waals surface area contributed by atoms with E-state index < -0.39 is 22.5 Å². The molecule has 0 spiro atoms. The van der Waals surface area contributed by atoms with Gasteiger partial charge in [-0.15, -0.1) is 4.40 Å². The molecule has 1 aliphatic rings. The first kappa shape index (κ1) is 12.3. The maximum atomic E-state index is 13.2. The van der Waals surface area contributed by atoms with E-state index in [1.165, 1.54) is 4.90 Å². The third-order valence-electron chi connectivity index (χ3n) is 2.24. The average molecular weight is 281 g/mol. The van der Waals surface area contributed by atoms with Crippen LogP contribution < -0.4 is 4.90 Å². The van der Waals surface area contributed by atoms with Gasteiger partial charge in [0, 0.05) is 0 Å². The van der Waals surface area contributed by atoms with Crippen LogP contribution in [0, 0.1) is 5.82 Å². The summed E-state index contributed by atoms with van der Waals surface area (Å²) in [5.41, 5.74) is 0.129. The van der Waals surface area contributed by atoms with Crippen LogP contribution in [0.4, 0.5) is 14.5 Å². The topological polar surface area (TPSA) is 49.7 Å². The Hall–Kier alpha value is -1.21. The van der Waals surface area contributed by atoms with Crippen molar-refractivity contribution in [1.82, 2.24) is 0 Å². The first-order valence-electron chi connectivity index (χ1n) is 4.58. The van der Waals surface area contributed by atoms with E-state index in [1.54, 1.807) is 0 Å². The predicted octanol–water partition coefficient (Wildman–Crippen LogP) is 1.99. The van der Waals surface area contributed by atoms with Gasteiger partial charge in [-0.3, -0.25) is 0 Å². The summed E-state index contributed by atoms with van der Waals surface area (Å²) in [6.45, 7) is -0.769. The van der Waals surface area contributed by atoms with Crippen molar-refractivity contribution >= 4 is 33.7 Å². The fourth-order valence-electron chi connectivity index (χ4n) is 1.46. The van der Waals surface area contributed by atoms with Crippen LogP contribution in [0.1, 0.15) is 0 Å². The van der Waals surface area contributed by atoms with Crippen molar-refractivity contribution in [2.75, 3.05) is 18.1 Å². The molecule has 0 N–H and O–H groups in total. The molecule has 0 radical (unpaired) electrons. The summed E-state index contributed by atoms with van der Waals surface area (Å²) in [5, 5.41) is -0.224. The van der Waals surface area contributed by atoms with Crippen LogP contribution in [0.25, 0.3) is 0 Å². The Morgan fingerprint density at radius 2 is 2.12 bits per heavy atom. The normalized spacial score (nSPS) is 17.0. The van der Waals surface area contributed by atoms with Gasteiger partial charge in [0.05, 0.1) is 17.3 Å². The minimum atomic E-state index is -3.93. The van der Waals surface area contributed by atoms with Gasteiger partial charge >= 0.3 is 0 Å². The van der Waals surface area contributed by atoms with Gasteiger partial charge in [0.1, 0.15) is 23.7 Å². The number of hydrogen-bond donors (Lipinski definition) is 0. The van der Waals surface area contributed by atoms with Crippen molar-refractivity contribution in [1.29, 1.82) is 0 Å². The van der Waals surface area contributed by atoms with Crippen molar-refractivity contribution in [3.63, 3.8) is 0 Å². The van der Waals surface area contributed by atoms with Gasteiger partial charge in [0.2, 0.25) is 0 Å². The first-order chi connectivity index (χ1) is 7.95. The van der Waals surface area contributed by atoms with Crippen molar-refractivity contribution in [2.45, 2.75) is 4.90 Å². The Balaban J connectivity index is 2.65. The van der Waals surface area contributed by atoms with Gasteiger partial charge in [-0.05, 0) is 12.1 Å². The quantitative estimate of drug-likeness (QED) is 0.832. The van der Waals surface area contributed by atoms with E-state index in [2.05, 4.69) is 4.40 Å². The molecule has 4 nitrogen and oxygen atoms in total. The second kappa shape index (κ2) is 4.23. The highest BCUT2D eigenvalue weighted by molar-refractivity contribution is 7.90. The summed E-state index contributed by atoms with van der Waals surface area (Å²) in [5.74, 6) is -0.855. The third-order valence-corrected chi connectivity index (χ3v) is 3.78. The summed E-state index contributed by atoms with van der Waals surface area (Å²) >= 11 is 5.57. The van der Waals surface area contributed by atoms with Crippen LogP contribution in [0.5, 0.6) is 0 Å². The highest BCUT2D eigenvalue weighted by Gasteiger charge is 2.27. The monoisotopic (exact) mass is 280 g/mol. The van der Waals surface area contributed by atoms with Gasteiger partial charge in [0.25, 0.3) is 10.0 Å². The van der Waals surface area contributed by atoms with E-state index >= 15 is 0 Å². The SMILES string of the molecule is O=S1(=O)N=CN(CCF)c2cc(Cl)c(F)cc21. The molecule has 0 atom stereocenters. The molecule has 0 saturated carbocycles. The lowest BCUT2D eigenvalue weighted by Crippen LogP contribution is -2.29. The minimum absolute atomic E-state index is 0.0754. The number of rotatable bonds is 2. The number of sulfonamides is 1. The van der Waals surface area contributed by atoms with Gasteiger partial charge in [-0.1, -0.05) is 11.6 Å². The molecule has 2 rings (SSSR count). The third kappa shape index (κ3) is 2.12. The van der Waals surface area contributed by atoms with E-state index in [9.17, 15) is 17.2 Å². The summed E-state index contributed by atoms with van der Waals surface area (Å²) in [7, 11) is -3.93. The highest BCUT2D eigenvalue weighted by Crippen LogP contribution is 2.33. The molecule has 1 heterocycles. The Kier molecular flexibility index (Phi) is 3.05. The smallest absolute Gasteiger partial charge is 0.285 e. The fraction of sp³-hybridized carbons (Fsp3) is 0.222. The molecular weight excluding hydrogens is 274 g/mol. The molecule has 8 heteroatoms. The van der Waals surface area contributed by atoms with Crippen molar-refractivity contribution < 1.29 is 17.2 Å². The molecule has 92 valence electrons. The number of fused-ring (bicyclic) bond motifs is 1. The standard InChI is InChI=1S/C9H7ClF2N2O2S/c10-6-3-8-9(4-7(6)12)17(15,16)13-5-14(8)2-1-11/h3-5H,1-2H2. The second-order valence-electron chi connectivity index (χ2n) is 3.31. The molecule has 0 fully saturated rings. The number of nitrogens with zero attached hydrogens (tertiary/aromatic N) is 2. The van der Waals surface area contributed by atoms with Gasteiger partial charge in [-0.2, -0.15) is 8.42 Å². The fourth-order valence-corrected chi connectivity index (χ4v) is 2.66. The van der Waals surface area contributed by atoms with Gasteiger partial charge in [0.15, 0.2) is 0 Å². The average Bonchev–Trinajstić information content (AvgIpc) is 2.26. The lowest BCUT2D eigenvalue weighted by atomic mass is 10.3. The number of anilines is 1. The Morgan fingerprint density at radius 1 is 1.41 bits per heavy atom. The summed E-state index contributed by atoms with van der Waals surface area (Å²) in [4.78, 5) is 0.956. The Bertz CT molecular complexity index is 589. The minimum Gasteiger partial charge on any atom is -0.328 e. The first-order valence-corrected chi connectivity index (χ1v) is 6.39. The highest BCUT2D eigenvalue weighted by atomic mass is 35.5. The number of alkyl halides is 1. The lowest BCUT2D eigenvalue weighted by molar-refractivity contribution is 0.503. The van der Waals surface area contributed by atoms with E-state index in [-0.39, 0.29) is 22.2 Å². The lowest BCUT2D eigenvalue weighted by Gasteiger charge is -2.24.